The Labute approximate surface area is 112 Å². The average Bonchev–Trinajstić information content (AvgIpc) is 2.20. The SMILES string of the molecule is CC(C)(C)OC(=O)N1CC(Oc2cccc(F)c2)C1. The average molecular weight is 267 g/mol. The Balaban J connectivity index is 1.79. The molecule has 2 rings (SSSR count). The molecule has 0 atom stereocenters. The second-order valence-electron chi connectivity index (χ2n) is 5.58. The van der Waals surface area contributed by atoms with Gasteiger partial charge in [0, 0.05) is 6.07 Å². The normalized spacial score (nSPS) is 15.9. The summed E-state index contributed by atoms with van der Waals surface area (Å²) in [5, 5.41) is 0. The Bertz CT molecular complexity index is 464. The van der Waals surface area contributed by atoms with Crippen molar-refractivity contribution in [3.05, 3.63) is 30.1 Å². The Hall–Kier alpha value is -1.78. The maximum absolute atomic E-state index is 13.0. The molecule has 0 unspecified atom stereocenters. The monoisotopic (exact) mass is 267 g/mol. The number of hydrogen-bond acceptors (Lipinski definition) is 3. The van der Waals surface area contributed by atoms with Crippen molar-refractivity contribution in [1.82, 2.24) is 4.90 Å². The number of amides is 1. The molecule has 0 N–H and O–H groups in total. The van der Waals surface area contributed by atoms with E-state index >= 15 is 0 Å². The molecule has 0 bridgehead atoms. The molecule has 1 aliphatic rings. The standard InChI is InChI=1S/C14H18FNO3/c1-14(2,3)19-13(17)16-8-12(9-16)18-11-6-4-5-10(15)7-11/h4-7,12H,8-9H2,1-3H3. The van der Waals surface area contributed by atoms with Crippen LogP contribution in [0, 0.1) is 5.82 Å². The molecule has 0 aromatic heterocycles. The van der Waals surface area contributed by atoms with Gasteiger partial charge in [-0.1, -0.05) is 6.07 Å². The lowest BCUT2D eigenvalue weighted by atomic mass is 10.1. The first-order valence-corrected chi connectivity index (χ1v) is 6.24. The van der Waals surface area contributed by atoms with E-state index in [1.807, 2.05) is 20.8 Å². The van der Waals surface area contributed by atoms with Crippen LogP contribution >= 0.6 is 0 Å². The number of benzene rings is 1. The van der Waals surface area contributed by atoms with E-state index < -0.39 is 5.60 Å². The summed E-state index contributed by atoms with van der Waals surface area (Å²) < 4.78 is 23.7. The molecule has 104 valence electrons. The van der Waals surface area contributed by atoms with Gasteiger partial charge in [-0.2, -0.15) is 0 Å². The summed E-state index contributed by atoms with van der Waals surface area (Å²) in [7, 11) is 0. The third-order valence-electron chi connectivity index (χ3n) is 2.60. The minimum Gasteiger partial charge on any atom is -0.487 e. The van der Waals surface area contributed by atoms with Gasteiger partial charge in [0.25, 0.3) is 0 Å². The topological polar surface area (TPSA) is 38.8 Å². The molecular formula is C14H18FNO3. The largest absolute Gasteiger partial charge is 0.487 e. The third kappa shape index (κ3) is 3.84. The second kappa shape index (κ2) is 5.07. The number of likely N-dealkylation sites (tertiary alicyclic amines) is 1. The molecule has 1 aliphatic heterocycles. The smallest absolute Gasteiger partial charge is 0.410 e. The van der Waals surface area contributed by atoms with E-state index in [9.17, 15) is 9.18 Å². The number of carbonyl (C=O) groups excluding carboxylic acids is 1. The van der Waals surface area contributed by atoms with Gasteiger partial charge in [-0.3, -0.25) is 0 Å². The van der Waals surface area contributed by atoms with Gasteiger partial charge in [0.1, 0.15) is 23.3 Å². The van der Waals surface area contributed by atoms with Crippen LogP contribution < -0.4 is 4.74 Å². The van der Waals surface area contributed by atoms with Crippen molar-refractivity contribution < 1.29 is 18.7 Å². The first-order valence-electron chi connectivity index (χ1n) is 6.24. The summed E-state index contributed by atoms with van der Waals surface area (Å²) in [6.45, 7) is 6.40. The van der Waals surface area contributed by atoms with E-state index in [-0.39, 0.29) is 18.0 Å². The summed E-state index contributed by atoms with van der Waals surface area (Å²) >= 11 is 0. The Kier molecular flexibility index (Phi) is 3.64. The zero-order valence-electron chi connectivity index (χ0n) is 11.4. The highest BCUT2D eigenvalue weighted by atomic mass is 19.1. The first-order chi connectivity index (χ1) is 8.83. The molecule has 1 saturated heterocycles. The predicted octanol–water partition coefficient (Wildman–Crippen LogP) is 2.82. The highest BCUT2D eigenvalue weighted by Gasteiger charge is 2.35. The van der Waals surface area contributed by atoms with Crippen LogP contribution in [0.15, 0.2) is 24.3 Å². The Morgan fingerprint density at radius 2 is 2.05 bits per heavy atom. The van der Waals surface area contributed by atoms with E-state index in [2.05, 4.69) is 0 Å². The van der Waals surface area contributed by atoms with E-state index in [1.54, 1.807) is 17.0 Å². The van der Waals surface area contributed by atoms with Crippen LogP contribution in [0.3, 0.4) is 0 Å². The van der Waals surface area contributed by atoms with Crippen LogP contribution in [-0.4, -0.2) is 35.8 Å². The summed E-state index contributed by atoms with van der Waals surface area (Å²) in [5.74, 6) is 0.148. The van der Waals surface area contributed by atoms with Gasteiger partial charge in [-0.25, -0.2) is 9.18 Å². The van der Waals surface area contributed by atoms with E-state index in [1.165, 1.54) is 12.1 Å². The van der Waals surface area contributed by atoms with Crippen molar-refractivity contribution in [2.75, 3.05) is 13.1 Å². The van der Waals surface area contributed by atoms with Crippen LogP contribution in [0.25, 0.3) is 0 Å². The van der Waals surface area contributed by atoms with Crippen LogP contribution in [0.5, 0.6) is 5.75 Å². The molecule has 5 heteroatoms. The molecule has 0 spiro atoms. The summed E-state index contributed by atoms with van der Waals surface area (Å²) in [6.07, 6.45) is -0.444. The van der Waals surface area contributed by atoms with Gasteiger partial charge in [0.05, 0.1) is 13.1 Å². The van der Waals surface area contributed by atoms with Gasteiger partial charge in [0.15, 0.2) is 0 Å². The van der Waals surface area contributed by atoms with Crippen molar-refractivity contribution in [2.24, 2.45) is 0 Å². The van der Waals surface area contributed by atoms with Gasteiger partial charge in [-0.05, 0) is 32.9 Å². The summed E-state index contributed by atoms with van der Waals surface area (Å²) in [6, 6.07) is 5.98. The molecule has 0 saturated carbocycles. The van der Waals surface area contributed by atoms with Gasteiger partial charge < -0.3 is 14.4 Å². The first kappa shape index (κ1) is 13.6. The van der Waals surface area contributed by atoms with Crippen LogP contribution in [0.2, 0.25) is 0 Å². The van der Waals surface area contributed by atoms with E-state index in [4.69, 9.17) is 9.47 Å². The second-order valence-corrected chi connectivity index (χ2v) is 5.58. The maximum Gasteiger partial charge on any atom is 0.410 e. The number of hydrogen-bond donors (Lipinski definition) is 0. The maximum atomic E-state index is 13.0. The highest BCUT2D eigenvalue weighted by Crippen LogP contribution is 2.20. The number of carbonyl (C=O) groups is 1. The minimum atomic E-state index is -0.494. The van der Waals surface area contributed by atoms with Crippen LogP contribution in [0.4, 0.5) is 9.18 Å². The number of halogens is 1. The molecule has 19 heavy (non-hydrogen) atoms. The van der Waals surface area contributed by atoms with Crippen molar-refractivity contribution in [3.8, 4) is 5.75 Å². The van der Waals surface area contributed by atoms with Crippen LogP contribution in [-0.2, 0) is 4.74 Å². The lowest BCUT2D eigenvalue weighted by molar-refractivity contribution is -0.0222. The fourth-order valence-corrected chi connectivity index (χ4v) is 1.72. The van der Waals surface area contributed by atoms with Crippen molar-refractivity contribution in [2.45, 2.75) is 32.5 Å². The molecule has 4 nitrogen and oxygen atoms in total. The third-order valence-corrected chi connectivity index (χ3v) is 2.60. The number of ether oxygens (including phenoxy) is 2. The molecule has 1 heterocycles. The van der Waals surface area contributed by atoms with Gasteiger partial charge in [0.2, 0.25) is 0 Å². The van der Waals surface area contributed by atoms with Crippen molar-refractivity contribution in [1.29, 1.82) is 0 Å². The molecular weight excluding hydrogens is 249 g/mol. The number of nitrogens with zero attached hydrogens (tertiary/aromatic N) is 1. The summed E-state index contributed by atoms with van der Waals surface area (Å²) in [4.78, 5) is 13.2. The van der Waals surface area contributed by atoms with Gasteiger partial charge >= 0.3 is 6.09 Å². The number of rotatable bonds is 2. The van der Waals surface area contributed by atoms with E-state index in [0.717, 1.165) is 0 Å². The fourth-order valence-electron chi connectivity index (χ4n) is 1.72. The Morgan fingerprint density at radius 1 is 1.37 bits per heavy atom. The fraction of sp³-hybridized carbons (Fsp3) is 0.500. The quantitative estimate of drug-likeness (QED) is 0.827. The van der Waals surface area contributed by atoms with Gasteiger partial charge in [-0.15, -0.1) is 0 Å². The lowest BCUT2D eigenvalue weighted by Gasteiger charge is -2.39. The van der Waals surface area contributed by atoms with Crippen molar-refractivity contribution in [3.63, 3.8) is 0 Å². The predicted molar refractivity (Wildman–Crippen MR) is 68.6 cm³/mol. The zero-order valence-corrected chi connectivity index (χ0v) is 11.4. The molecule has 1 aromatic carbocycles. The minimum absolute atomic E-state index is 0.102. The molecule has 0 radical (unpaired) electrons. The van der Waals surface area contributed by atoms with Crippen molar-refractivity contribution >= 4 is 6.09 Å². The highest BCUT2D eigenvalue weighted by molar-refractivity contribution is 5.69. The molecule has 0 aliphatic carbocycles. The summed E-state index contributed by atoms with van der Waals surface area (Å²) in [5.41, 5.74) is -0.494. The Morgan fingerprint density at radius 3 is 2.63 bits per heavy atom. The molecule has 1 amide bonds. The zero-order chi connectivity index (χ0) is 14.0. The van der Waals surface area contributed by atoms with Crippen LogP contribution in [0.1, 0.15) is 20.8 Å². The lowest BCUT2D eigenvalue weighted by Crippen LogP contribution is -2.57. The molecule has 1 fully saturated rings. The van der Waals surface area contributed by atoms with E-state index in [0.29, 0.717) is 18.8 Å². The molecule has 1 aromatic rings.